The summed E-state index contributed by atoms with van der Waals surface area (Å²) in [6, 6.07) is 6.73. The zero-order valence-electron chi connectivity index (χ0n) is 45.9. The van der Waals surface area contributed by atoms with Crippen LogP contribution in [0.5, 0.6) is 0 Å². The predicted octanol–water partition coefficient (Wildman–Crippen LogP) is 11.6. The van der Waals surface area contributed by atoms with Gasteiger partial charge in [0, 0.05) is 25.2 Å². The lowest BCUT2D eigenvalue weighted by Gasteiger charge is -2.62. The molecule has 2 aromatic rings. The van der Waals surface area contributed by atoms with E-state index < -0.39 is 11.9 Å². The van der Waals surface area contributed by atoms with Gasteiger partial charge in [-0.15, -0.1) is 0 Å². The van der Waals surface area contributed by atoms with Gasteiger partial charge in [-0.25, -0.2) is 9.59 Å². The van der Waals surface area contributed by atoms with Crippen LogP contribution in [0.25, 0.3) is 11.4 Å². The SMILES string of the molecule is COC(=O)CC[C@@H](C)[C@H]1CC[C@H]2[C@@H]3[C@H](O)C[C@@H]4C[C@H](OC(=O)c5ccnc(-c6cc(C(=O)O[C@@H]7CC[C@@]8(C)[C@@H](C7)C[C@@H](O)[C@@H]7[C@@H]8CC[C@]8(C)[C@@H]([C@H](C)CCC(=O)OC)CC[C@@H]78)ccn6)c5)CC[C@]4(C)[C@H]3CC[C@]12C. The Morgan fingerprint density at radius 2 is 0.932 bits per heavy atom. The van der Waals surface area contributed by atoms with Crippen LogP contribution in [0.15, 0.2) is 36.7 Å². The first kappa shape index (κ1) is 53.5. The van der Waals surface area contributed by atoms with E-state index in [2.05, 4.69) is 51.5 Å². The van der Waals surface area contributed by atoms with E-state index in [0.717, 1.165) is 116 Å². The molecule has 0 unspecified atom stereocenters. The number of aliphatic hydroxyl groups is 2. The molecule has 406 valence electrons. The predicted molar refractivity (Wildman–Crippen MR) is 280 cm³/mol. The number of aromatic nitrogens is 2. The topological polar surface area (TPSA) is 171 Å². The van der Waals surface area contributed by atoms with Gasteiger partial charge < -0.3 is 29.2 Å². The van der Waals surface area contributed by atoms with E-state index >= 15 is 0 Å². The maximum atomic E-state index is 13.9. The van der Waals surface area contributed by atoms with Crippen molar-refractivity contribution >= 4 is 23.9 Å². The first-order valence-electron chi connectivity index (χ1n) is 29.2. The van der Waals surface area contributed by atoms with Crippen molar-refractivity contribution in [2.75, 3.05) is 14.2 Å². The van der Waals surface area contributed by atoms with Crippen molar-refractivity contribution in [1.82, 2.24) is 9.97 Å². The largest absolute Gasteiger partial charge is 0.469 e. The molecule has 2 heterocycles. The summed E-state index contributed by atoms with van der Waals surface area (Å²) in [5.74, 6) is 3.79. The average molecular weight is 1020 g/mol. The van der Waals surface area contributed by atoms with E-state index in [0.29, 0.717) is 82.7 Å². The van der Waals surface area contributed by atoms with Crippen LogP contribution >= 0.6 is 0 Å². The summed E-state index contributed by atoms with van der Waals surface area (Å²) in [6.07, 6.45) is 20.1. The van der Waals surface area contributed by atoms with Crippen LogP contribution in [-0.2, 0) is 28.5 Å². The minimum atomic E-state index is -0.404. The van der Waals surface area contributed by atoms with Crippen molar-refractivity contribution in [3.63, 3.8) is 0 Å². The van der Waals surface area contributed by atoms with E-state index in [1.165, 1.54) is 14.2 Å². The van der Waals surface area contributed by atoms with Gasteiger partial charge in [-0.3, -0.25) is 19.6 Å². The highest BCUT2D eigenvalue weighted by atomic mass is 16.5. The second-order valence-electron chi connectivity index (χ2n) is 26.7. The van der Waals surface area contributed by atoms with Gasteiger partial charge >= 0.3 is 23.9 Å². The Morgan fingerprint density at radius 3 is 1.32 bits per heavy atom. The summed E-state index contributed by atoms with van der Waals surface area (Å²) >= 11 is 0. The fourth-order valence-electron chi connectivity index (χ4n) is 19.7. The highest BCUT2D eigenvalue weighted by molar-refractivity contribution is 5.92. The van der Waals surface area contributed by atoms with Crippen LogP contribution in [0, 0.1) is 92.7 Å². The quantitative estimate of drug-likeness (QED) is 0.144. The lowest BCUT2D eigenvalue weighted by atomic mass is 9.43. The third-order valence-corrected chi connectivity index (χ3v) is 23.7. The molecular weight excluding hydrogens is 933 g/mol. The lowest BCUT2D eigenvalue weighted by molar-refractivity contribution is -0.174. The van der Waals surface area contributed by atoms with Crippen molar-refractivity contribution < 1.29 is 48.3 Å². The molecule has 2 N–H and O–H groups in total. The molecule has 0 amide bonds. The number of fused-ring (bicyclic) bond motifs is 10. The molecule has 8 fully saturated rings. The maximum Gasteiger partial charge on any atom is 0.338 e. The monoisotopic (exact) mass is 1020 g/mol. The molecule has 0 aliphatic heterocycles. The van der Waals surface area contributed by atoms with E-state index in [1.54, 1.807) is 36.7 Å². The molecule has 8 saturated carbocycles. The Kier molecular flexibility index (Phi) is 15.0. The van der Waals surface area contributed by atoms with Gasteiger partial charge in [-0.2, -0.15) is 0 Å². The van der Waals surface area contributed by atoms with E-state index in [9.17, 15) is 29.4 Å². The highest BCUT2D eigenvalue weighted by Crippen LogP contribution is 2.70. The van der Waals surface area contributed by atoms with Gasteiger partial charge in [0.05, 0.1) is 48.9 Å². The first-order chi connectivity index (χ1) is 35.3. The molecule has 10 rings (SSSR count). The minimum absolute atomic E-state index is 0.0807. The molecule has 20 atom stereocenters. The number of hydrogen-bond acceptors (Lipinski definition) is 12. The summed E-state index contributed by atoms with van der Waals surface area (Å²) in [5, 5.41) is 24.0. The van der Waals surface area contributed by atoms with Crippen LogP contribution in [0.1, 0.15) is 191 Å². The maximum absolute atomic E-state index is 13.9. The number of hydrogen-bond donors (Lipinski definition) is 2. The smallest absolute Gasteiger partial charge is 0.338 e. The average Bonchev–Trinajstić information content (AvgIpc) is 3.94. The zero-order valence-corrected chi connectivity index (χ0v) is 45.9. The molecule has 74 heavy (non-hydrogen) atoms. The number of nitrogens with zero attached hydrogens (tertiary/aromatic N) is 2. The standard InChI is InChI=1S/C62H88N2O10/c1-35(9-15-53(67)71-7)43-11-13-45-55-47(19-25-61(43,45)5)59(3)23-17-41(31-39(59)33-51(55)65)73-57(69)37-21-27-63-49(29-37)50-30-38(22-28-64-50)58(70)74-42-18-24-60(4)40(32-42)34-52(66)56-46-14-12-44(36(2)10-16-54(68)72-8)62(46,6)26-20-48(56)60/h21-22,27-30,35-36,39-48,51-52,55-56,65-66H,9-20,23-26,31-34H2,1-8H3/t35-,36-,39+,40+,41-,42-,43-,44-,45+,46+,47+,48+,51-,52-,55+,56+,59+,60+,61-,62-/m1/s1. The third-order valence-electron chi connectivity index (χ3n) is 23.7. The molecule has 8 aliphatic carbocycles. The number of carbonyl (C=O) groups excluding carboxylic acids is 4. The zero-order chi connectivity index (χ0) is 52.5. The number of aliphatic hydroxyl groups excluding tert-OH is 2. The number of esters is 4. The molecular formula is C62H88N2O10. The Bertz CT molecular complexity index is 2250. The summed E-state index contributed by atoms with van der Waals surface area (Å²) in [7, 11) is 2.93. The van der Waals surface area contributed by atoms with Gasteiger partial charge in [0.15, 0.2) is 0 Å². The third kappa shape index (κ3) is 9.45. The Morgan fingerprint density at radius 1 is 0.554 bits per heavy atom. The number of pyridine rings is 2. The lowest BCUT2D eigenvalue weighted by Crippen LogP contribution is -2.58. The van der Waals surface area contributed by atoms with E-state index in [1.807, 2.05) is 0 Å². The molecule has 0 saturated heterocycles. The van der Waals surface area contributed by atoms with Crippen molar-refractivity contribution in [3.05, 3.63) is 47.8 Å². The van der Waals surface area contributed by atoms with Crippen LogP contribution in [0.4, 0.5) is 0 Å². The highest BCUT2D eigenvalue weighted by Gasteiger charge is 2.65. The molecule has 0 bridgehead atoms. The van der Waals surface area contributed by atoms with Crippen molar-refractivity contribution in [3.8, 4) is 11.4 Å². The molecule has 0 spiro atoms. The van der Waals surface area contributed by atoms with Crippen LogP contribution in [0.3, 0.4) is 0 Å². The van der Waals surface area contributed by atoms with Gasteiger partial charge in [-0.1, -0.05) is 41.5 Å². The Hall–Kier alpha value is -3.90. The molecule has 12 nitrogen and oxygen atoms in total. The fraction of sp³-hybridized carbons (Fsp3) is 0.774. The molecule has 2 aromatic heterocycles. The van der Waals surface area contributed by atoms with Crippen molar-refractivity contribution in [1.29, 1.82) is 0 Å². The first-order valence-corrected chi connectivity index (χ1v) is 29.2. The fourth-order valence-corrected chi connectivity index (χ4v) is 19.7. The molecule has 0 aromatic carbocycles. The molecule has 12 heteroatoms. The molecule has 0 radical (unpaired) electrons. The van der Waals surface area contributed by atoms with E-state index in [4.69, 9.17) is 18.9 Å². The Balaban J connectivity index is 0.733. The number of ether oxygens (including phenoxy) is 4. The van der Waals surface area contributed by atoms with Crippen LogP contribution in [-0.4, -0.2) is 82.7 Å². The van der Waals surface area contributed by atoms with Gasteiger partial charge in [0.25, 0.3) is 0 Å². The van der Waals surface area contributed by atoms with E-state index in [-0.39, 0.29) is 81.7 Å². The van der Waals surface area contributed by atoms with Crippen molar-refractivity contribution in [2.24, 2.45) is 92.7 Å². The second kappa shape index (κ2) is 20.8. The van der Waals surface area contributed by atoms with Gasteiger partial charge in [0.1, 0.15) is 12.2 Å². The summed E-state index contributed by atoms with van der Waals surface area (Å²) < 4.78 is 22.5. The van der Waals surface area contributed by atoms with Crippen LogP contribution in [0.2, 0.25) is 0 Å². The molecule has 8 aliphatic rings. The van der Waals surface area contributed by atoms with Crippen LogP contribution < -0.4 is 0 Å². The van der Waals surface area contributed by atoms with Crippen molar-refractivity contribution in [2.45, 2.75) is 194 Å². The second-order valence-corrected chi connectivity index (χ2v) is 26.7. The number of methoxy groups -OCH3 is 2. The van der Waals surface area contributed by atoms with Gasteiger partial charge in [-0.05, 0) is 233 Å². The summed E-state index contributed by atoms with van der Waals surface area (Å²) in [5.41, 5.74) is 2.19. The number of carbonyl (C=O) groups is 4. The van der Waals surface area contributed by atoms with Gasteiger partial charge in [0.2, 0.25) is 0 Å². The summed E-state index contributed by atoms with van der Waals surface area (Å²) in [6.45, 7) is 14.5. The normalized spacial score (nSPS) is 41.9. The Labute approximate surface area is 441 Å². The summed E-state index contributed by atoms with van der Waals surface area (Å²) in [4.78, 5) is 60.9. The number of rotatable bonds is 13. The minimum Gasteiger partial charge on any atom is -0.469 e.